The highest BCUT2D eigenvalue weighted by Gasteiger charge is 2.24. The van der Waals surface area contributed by atoms with Crippen LogP contribution in [0.1, 0.15) is 11.3 Å². The van der Waals surface area contributed by atoms with Crippen LogP contribution in [-0.2, 0) is 17.1 Å². The predicted molar refractivity (Wildman–Crippen MR) is 82.0 cm³/mol. The van der Waals surface area contributed by atoms with Crippen molar-refractivity contribution < 1.29 is 8.42 Å². The van der Waals surface area contributed by atoms with Crippen LogP contribution in [0.5, 0.6) is 0 Å². The van der Waals surface area contributed by atoms with E-state index in [0.717, 1.165) is 10.0 Å². The number of aryl methyl sites for hydroxylation is 2. The van der Waals surface area contributed by atoms with E-state index in [0.29, 0.717) is 11.4 Å². The maximum atomic E-state index is 12.4. The molecule has 0 unspecified atom stereocenters. The first-order valence-electron chi connectivity index (χ1n) is 5.80. The molecular formula is C12H15BrN4O2S. The summed E-state index contributed by atoms with van der Waals surface area (Å²) in [5.41, 5.74) is 7.58. The molecule has 2 aromatic rings. The number of sulfonamides is 1. The monoisotopic (exact) mass is 358 g/mol. The Morgan fingerprint density at radius 1 is 1.35 bits per heavy atom. The molecule has 20 heavy (non-hydrogen) atoms. The fourth-order valence-corrected chi connectivity index (χ4v) is 3.48. The van der Waals surface area contributed by atoms with Gasteiger partial charge in [0.25, 0.3) is 10.0 Å². The molecule has 0 aliphatic heterocycles. The minimum absolute atomic E-state index is 0.00802. The van der Waals surface area contributed by atoms with E-state index >= 15 is 0 Å². The fraction of sp³-hybridized carbons (Fsp3) is 0.250. The maximum absolute atomic E-state index is 12.4. The van der Waals surface area contributed by atoms with Crippen LogP contribution in [0, 0.1) is 13.8 Å². The number of nitrogens with two attached hydrogens (primary N) is 1. The van der Waals surface area contributed by atoms with Crippen LogP contribution in [0.4, 0.5) is 11.5 Å². The van der Waals surface area contributed by atoms with E-state index < -0.39 is 10.0 Å². The van der Waals surface area contributed by atoms with Gasteiger partial charge in [-0.2, -0.15) is 5.10 Å². The van der Waals surface area contributed by atoms with Crippen LogP contribution >= 0.6 is 15.9 Å². The lowest BCUT2D eigenvalue weighted by Crippen LogP contribution is -2.15. The Hall–Kier alpha value is -1.54. The topological polar surface area (TPSA) is 90.0 Å². The number of anilines is 2. The van der Waals surface area contributed by atoms with Crippen molar-refractivity contribution in [2.75, 3.05) is 10.5 Å². The van der Waals surface area contributed by atoms with Crippen LogP contribution in [0.25, 0.3) is 0 Å². The van der Waals surface area contributed by atoms with Crippen molar-refractivity contribution in [2.24, 2.45) is 7.05 Å². The molecule has 0 atom stereocenters. The number of nitrogens with one attached hydrogen (secondary N) is 1. The van der Waals surface area contributed by atoms with Gasteiger partial charge in [-0.05, 0) is 37.6 Å². The minimum Gasteiger partial charge on any atom is -0.381 e. The standard InChI is InChI=1S/C12H15BrN4O2S/c1-7-6-9(4-5-10(7)13)16-20(18,19)11-8(2)17(3)15-12(11)14/h4-6,16H,1-3H3,(H2,14,15). The van der Waals surface area contributed by atoms with Gasteiger partial charge in [0.15, 0.2) is 10.7 Å². The number of nitrogen functional groups attached to an aromatic ring is 1. The van der Waals surface area contributed by atoms with Gasteiger partial charge in [0.2, 0.25) is 0 Å². The van der Waals surface area contributed by atoms with Crippen LogP contribution < -0.4 is 10.5 Å². The first-order valence-corrected chi connectivity index (χ1v) is 8.08. The number of nitrogens with zero attached hydrogens (tertiary/aromatic N) is 2. The SMILES string of the molecule is Cc1cc(NS(=O)(=O)c2c(N)nn(C)c2C)ccc1Br. The first-order chi connectivity index (χ1) is 9.22. The molecule has 1 heterocycles. The number of halogens is 1. The second-order valence-electron chi connectivity index (χ2n) is 4.49. The van der Waals surface area contributed by atoms with E-state index in [9.17, 15) is 8.42 Å². The molecule has 0 spiro atoms. The van der Waals surface area contributed by atoms with Crippen LogP contribution in [0.2, 0.25) is 0 Å². The highest BCUT2D eigenvalue weighted by Crippen LogP contribution is 2.26. The number of rotatable bonds is 3. The molecule has 0 fully saturated rings. The van der Waals surface area contributed by atoms with E-state index in [1.807, 2.05) is 6.92 Å². The molecule has 3 N–H and O–H groups in total. The van der Waals surface area contributed by atoms with Crippen molar-refractivity contribution in [3.63, 3.8) is 0 Å². The zero-order chi connectivity index (χ0) is 15.1. The molecule has 8 heteroatoms. The van der Waals surface area contributed by atoms with Crippen molar-refractivity contribution in [3.05, 3.63) is 33.9 Å². The Bertz CT molecular complexity index is 768. The van der Waals surface area contributed by atoms with Crippen LogP contribution in [0.3, 0.4) is 0 Å². The number of hydrogen-bond donors (Lipinski definition) is 2. The zero-order valence-corrected chi connectivity index (χ0v) is 13.7. The smallest absolute Gasteiger partial charge is 0.267 e. The second-order valence-corrected chi connectivity index (χ2v) is 6.97. The molecule has 0 amide bonds. The maximum Gasteiger partial charge on any atom is 0.267 e. The Morgan fingerprint density at radius 3 is 2.50 bits per heavy atom. The lowest BCUT2D eigenvalue weighted by molar-refractivity contribution is 0.600. The molecular weight excluding hydrogens is 344 g/mol. The molecule has 108 valence electrons. The highest BCUT2D eigenvalue weighted by atomic mass is 79.9. The van der Waals surface area contributed by atoms with Crippen molar-refractivity contribution in [3.8, 4) is 0 Å². The van der Waals surface area contributed by atoms with Gasteiger partial charge in [-0.3, -0.25) is 9.40 Å². The third-order valence-corrected chi connectivity index (χ3v) is 5.42. The van der Waals surface area contributed by atoms with Gasteiger partial charge >= 0.3 is 0 Å². The van der Waals surface area contributed by atoms with Crippen molar-refractivity contribution >= 4 is 37.5 Å². The Morgan fingerprint density at radius 2 is 2.00 bits per heavy atom. The molecule has 1 aromatic heterocycles. The Balaban J connectivity index is 2.43. The van der Waals surface area contributed by atoms with Crippen LogP contribution in [-0.4, -0.2) is 18.2 Å². The molecule has 0 saturated carbocycles. The second kappa shape index (κ2) is 5.10. The van der Waals surface area contributed by atoms with Crippen LogP contribution in [0.15, 0.2) is 27.6 Å². The van der Waals surface area contributed by atoms with Crippen molar-refractivity contribution in [1.29, 1.82) is 0 Å². The fourth-order valence-electron chi connectivity index (χ4n) is 1.86. The van der Waals surface area contributed by atoms with Gasteiger partial charge in [0, 0.05) is 17.2 Å². The van der Waals surface area contributed by atoms with Crippen molar-refractivity contribution in [1.82, 2.24) is 9.78 Å². The average Bonchev–Trinajstić information content (AvgIpc) is 2.58. The summed E-state index contributed by atoms with van der Waals surface area (Å²) in [5, 5.41) is 3.92. The molecule has 1 aromatic carbocycles. The zero-order valence-electron chi connectivity index (χ0n) is 11.3. The average molecular weight is 359 g/mol. The van der Waals surface area contributed by atoms with E-state index in [4.69, 9.17) is 5.73 Å². The summed E-state index contributed by atoms with van der Waals surface area (Å²) in [7, 11) is -2.11. The van der Waals surface area contributed by atoms with Gasteiger partial charge in [-0.25, -0.2) is 8.42 Å². The summed E-state index contributed by atoms with van der Waals surface area (Å²) < 4.78 is 29.7. The number of aromatic nitrogens is 2. The summed E-state index contributed by atoms with van der Waals surface area (Å²) >= 11 is 3.37. The summed E-state index contributed by atoms with van der Waals surface area (Å²) in [4.78, 5) is 0.0144. The molecule has 2 rings (SSSR count). The summed E-state index contributed by atoms with van der Waals surface area (Å²) in [5.74, 6) is -0.00802. The van der Waals surface area contributed by atoms with E-state index in [1.54, 1.807) is 32.2 Å². The van der Waals surface area contributed by atoms with Gasteiger partial charge in [-0.1, -0.05) is 15.9 Å². The number of benzene rings is 1. The Labute approximate surface area is 126 Å². The minimum atomic E-state index is -3.76. The third kappa shape index (κ3) is 2.66. The quantitative estimate of drug-likeness (QED) is 0.879. The third-order valence-electron chi connectivity index (χ3n) is 2.98. The summed E-state index contributed by atoms with van der Waals surface area (Å²) in [6.07, 6.45) is 0. The van der Waals surface area contributed by atoms with Crippen molar-refractivity contribution in [2.45, 2.75) is 18.7 Å². The molecule has 0 aliphatic carbocycles. The summed E-state index contributed by atoms with van der Waals surface area (Å²) in [6, 6.07) is 5.20. The molecule has 0 saturated heterocycles. The van der Waals surface area contributed by atoms with E-state index in [2.05, 4.69) is 25.8 Å². The highest BCUT2D eigenvalue weighted by molar-refractivity contribution is 9.10. The lowest BCUT2D eigenvalue weighted by atomic mass is 10.2. The molecule has 6 nitrogen and oxygen atoms in total. The van der Waals surface area contributed by atoms with Gasteiger partial charge in [0.1, 0.15) is 0 Å². The molecule has 0 bridgehead atoms. The molecule has 0 radical (unpaired) electrons. The summed E-state index contributed by atoms with van der Waals surface area (Å²) in [6.45, 7) is 3.54. The van der Waals surface area contributed by atoms with E-state index in [1.165, 1.54) is 4.68 Å². The van der Waals surface area contributed by atoms with E-state index in [-0.39, 0.29) is 10.7 Å². The van der Waals surface area contributed by atoms with Gasteiger partial charge in [-0.15, -0.1) is 0 Å². The normalized spacial score (nSPS) is 11.6. The lowest BCUT2D eigenvalue weighted by Gasteiger charge is -2.09. The van der Waals surface area contributed by atoms with Gasteiger partial charge < -0.3 is 5.73 Å². The van der Waals surface area contributed by atoms with Gasteiger partial charge in [0.05, 0.1) is 5.69 Å². The number of hydrogen-bond acceptors (Lipinski definition) is 4. The first kappa shape index (κ1) is 14.9. The predicted octanol–water partition coefficient (Wildman–Crippen LogP) is 2.18. The largest absolute Gasteiger partial charge is 0.381 e. The molecule has 0 aliphatic rings. The Kier molecular flexibility index (Phi) is 3.79.